The summed E-state index contributed by atoms with van der Waals surface area (Å²) in [5.74, 6) is -5.13. The van der Waals surface area contributed by atoms with Gasteiger partial charge in [0, 0.05) is 42.0 Å². The molecule has 186 valence electrons. The monoisotopic (exact) mass is 508 g/mol. The van der Waals surface area contributed by atoms with E-state index in [-0.39, 0.29) is 60.7 Å². The largest absolute Gasteiger partial charge is 0.351 e. The molecular weight excluding hydrogens is 485 g/mol. The molecule has 0 radical (unpaired) electrons. The summed E-state index contributed by atoms with van der Waals surface area (Å²) < 4.78 is 41.4. The Balaban J connectivity index is 1.74. The van der Waals surface area contributed by atoms with Crippen molar-refractivity contribution < 1.29 is 27.6 Å². The van der Waals surface area contributed by atoms with E-state index in [4.69, 9.17) is 11.6 Å². The zero-order valence-corrected chi connectivity index (χ0v) is 19.4. The van der Waals surface area contributed by atoms with Crippen LogP contribution in [0.25, 0.3) is 0 Å². The maximum Gasteiger partial charge on any atom is 0.250 e. The van der Waals surface area contributed by atoms with Gasteiger partial charge in [-0.3, -0.25) is 24.3 Å². The van der Waals surface area contributed by atoms with Gasteiger partial charge in [0.2, 0.25) is 17.7 Å². The van der Waals surface area contributed by atoms with Gasteiger partial charge in [0.1, 0.15) is 17.9 Å². The van der Waals surface area contributed by atoms with Crippen LogP contribution >= 0.6 is 11.6 Å². The highest BCUT2D eigenvalue weighted by Gasteiger charge is 2.41. The molecule has 2 fully saturated rings. The molecule has 2 unspecified atom stereocenters. The Labute approximate surface area is 205 Å². The number of benzene rings is 1. The zero-order valence-electron chi connectivity index (χ0n) is 18.6. The molecule has 3 amide bonds. The lowest BCUT2D eigenvalue weighted by molar-refractivity contribution is -0.129. The fourth-order valence-corrected chi connectivity index (χ4v) is 4.70. The average Bonchev–Trinajstić information content (AvgIpc) is 3.25. The van der Waals surface area contributed by atoms with Crippen LogP contribution in [0.2, 0.25) is 5.02 Å². The third-order valence-electron chi connectivity index (χ3n) is 6.27. The van der Waals surface area contributed by atoms with E-state index in [1.165, 1.54) is 6.20 Å². The summed E-state index contributed by atoms with van der Waals surface area (Å²) in [4.78, 5) is 44.0. The molecular formula is C24H24ClF3N4O3. The molecule has 1 aromatic carbocycles. The van der Waals surface area contributed by atoms with E-state index in [1.54, 1.807) is 24.3 Å². The third-order valence-corrected chi connectivity index (χ3v) is 6.61. The van der Waals surface area contributed by atoms with E-state index >= 15 is 0 Å². The Hall–Kier alpha value is -3.14. The van der Waals surface area contributed by atoms with E-state index in [1.807, 2.05) is 0 Å². The number of nitrogens with zero attached hydrogens (tertiary/aromatic N) is 2. The first-order valence-electron chi connectivity index (χ1n) is 11.3. The standard InChI is InChI=1S/C24H24ClF3N4O3/c25-18-4-2-1-3-17(18)21(22(34)30-15-7-9-24(27,28)10-8-15)32(16-11-14(26)12-29-13-16)23(35)19-5-6-20(33)31-19/h1-4,11-13,15,19,21H,5-10H2,(H,30,34)(H,31,33). The van der Waals surface area contributed by atoms with Crippen LogP contribution in [0.3, 0.4) is 0 Å². The van der Waals surface area contributed by atoms with Crippen molar-refractivity contribution in [3.05, 3.63) is 59.1 Å². The maximum absolute atomic E-state index is 14.2. The molecule has 1 aliphatic carbocycles. The number of nitrogens with one attached hydrogen (secondary N) is 2. The number of rotatable bonds is 6. The van der Waals surface area contributed by atoms with Crippen LogP contribution in [0, 0.1) is 5.82 Å². The van der Waals surface area contributed by atoms with Crippen molar-refractivity contribution in [3.8, 4) is 0 Å². The molecule has 1 saturated heterocycles. The summed E-state index contributed by atoms with van der Waals surface area (Å²) in [7, 11) is 0. The molecule has 1 aromatic heterocycles. The van der Waals surface area contributed by atoms with E-state index in [0.29, 0.717) is 0 Å². The molecule has 2 aromatic rings. The van der Waals surface area contributed by atoms with Gasteiger partial charge >= 0.3 is 0 Å². The highest BCUT2D eigenvalue weighted by molar-refractivity contribution is 6.31. The van der Waals surface area contributed by atoms with Crippen LogP contribution in [-0.2, 0) is 14.4 Å². The van der Waals surface area contributed by atoms with Crippen LogP contribution in [0.1, 0.15) is 50.1 Å². The van der Waals surface area contributed by atoms with Gasteiger partial charge in [-0.25, -0.2) is 13.2 Å². The Morgan fingerprint density at radius 2 is 1.89 bits per heavy atom. The van der Waals surface area contributed by atoms with E-state index in [0.717, 1.165) is 17.2 Å². The molecule has 2 heterocycles. The van der Waals surface area contributed by atoms with Gasteiger partial charge in [-0.1, -0.05) is 29.8 Å². The van der Waals surface area contributed by atoms with Crippen LogP contribution in [0.15, 0.2) is 42.7 Å². The first-order chi connectivity index (χ1) is 16.6. The lowest BCUT2D eigenvalue weighted by atomic mass is 9.91. The number of carbonyl (C=O) groups is 3. The van der Waals surface area contributed by atoms with Crippen molar-refractivity contribution in [3.63, 3.8) is 0 Å². The zero-order chi connectivity index (χ0) is 25.2. The van der Waals surface area contributed by atoms with E-state index in [2.05, 4.69) is 15.6 Å². The van der Waals surface area contributed by atoms with E-state index in [9.17, 15) is 27.6 Å². The van der Waals surface area contributed by atoms with Crippen LogP contribution in [0.4, 0.5) is 18.9 Å². The van der Waals surface area contributed by atoms with Gasteiger partial charge in [-0.15, -0.1) is 0 Å². The number of hydrogen-bond acceptors (Lipinski definition) is 4. The molecule has 2 N–H and O–H groups in total. The number of pyridine rings is 1. The summed E-state index contributed by atoms with van der Waals surface area (Å²) in [6.45, 7) is 0. The fraction of sp³-hybridized carbons (Fsp3) is 0.417. The van der Waals surface area contributed by atoms with Gasteiger partial charge in [-0.2, -0.15) is 0 Å². The Kier molecular flexibility index (Phi) is 7.30. The smallest absolute Gasteiger partial charge is 0.250 e. The number of hydrogen-bond donors (Lipinski definition) is 2. The quantitative estimate of drug-likeness (QED) is 0.618. The average molecular weight is 509 g/mol. The molecule has 35 heavy (non-hydrogen) atoms. The first kappa shape index (κ1) is 25.0. The Bertz CT molecular complexity index is 1120. The minimum absolute atomic E-state index is 0.00797. The molecule has 11 heteroatoms. The number of carbonyl (C=O) groups excluding carboxylic acids is 3. The van der Waals surface area contributed by atoms with Gasteiger partial charge < -0.3 is 10.6 Å². The Morgan fingerprint density at radius 3 is 2.51 bits per heavy atom. The van der Waals surface area contributed by atoms with Crippen molar-refractivity contribution in [2.24, 2.45) is 0 Å². The third kappa shape index (κ3) is 5.75. The number of halogens is 4. The first-order valence-corrected chi connectivity index (χ1v) is 11.7. The van der Waals surface area contributed by atoms with Crippen LogP contribution < -0.4 is 15.5 Å². The van der Waals surface area contributed by atoms with Gasteiger partial charge in [0.15, 0.2) is 0 Å². The lowest BCUT2D eigenvalue weighted by Gasteiger charge is -2.35. The highest BCUT2D eigenvalue weighted by Crippen LogP contribution is 2.36. The molecule has 2 atom stereocenters. The number of amides is 3. The summed E-state index contributed by atoms with van der Waals surface area (Å²) >= 11 is 6.42. The minimum atomic E-state index is -2.78. The molecule has 1 aliphatic heterocycles. The second-order valence-electron chi connectivity index (χ2n) is 8.79. The topological polar surface area (TPSA) is 91.4 Å². The predicted molar refractivity (Wildman–Crippen MR) is 122 cm³/mol. The van der Waals surface area contributed by atoms with Gasteiger partial charge in [-0.05, 0) is 25.3 Å². The minimum Gasteiger partial charge on any atom is -0.351 e. The second-order valence-corrected chi connectivity index (χ2v) is 9.20. The normalized spacial score (nSPS) is 20.7. The molecule has 1 saturated carbocycles. The highest BCUT2D eigenvalue weighted by atomic mass is 35.5. The molecule has 7 nitrogen and oxygen atoms in total. The van der Waals surface area contributed by atoms with Crippen molar-refractivity contribution in [1.82, 2.24) is 15.6 Å². The summed E-state index contributed by atoms with van der Waals surface area (Å²) in [5, 5.41) is 5.53. The maximum atomic E-state index is 14.2. The van der Waals surface area contributed by atoms with Gasteiger partial charge in [0.05, 0.1) is 18.1 Å². The van der Waals surface area contributed by atoms with Crippen molar-refractivity contribution in [1.29, 1.82) is 0 Å². The summed E-state index contributed by atoms with van der Waals surface area (Å²) in [5.41, 5.74) is 0.251. The van der Waals surface area contributed by atoms with Crippen molar-refractivity contribution in [2.75, 3.05) is 4.90 Å². The van der Waals surface area contributed by atoms with E-state index < -0.39 is 41.7 Å². The van der Waals surface area contributed by atoms with Crippen LogP contribution in [0.5, 0.6) is 0 Å². The van der Waals surface area contributed by atoms with Crippen LogP contribution in [-0.4, -0.2) is 40.7 Å². The number of anilines is 1. The van der Waals surface area contributed by atoms with Crippen molar-refractivity contribution >= 4 is 35.0 Å². The Morgan fingerprint density at radius 1 is 1.17 bits per heavy atom. The van der Waals surface area contributed by atoms with Gasteiger partial charge in [0.25, 0.3) is 5.91 Å². The van der Waals surface area contributed by atoms with Crippen molar-refractivity contribution in [2.45, 2.75) is 62.6 Å². The SMILES string of the molecule is O=C1CCC(C(=O)N(c2cncc(F)c2)C(C(=O)NC2CCC(F)(F)CC2)c2ccccc2Cl)N1. The number of alkyl halides is 2. The second kappa shape index (κ2) is 10.2. The summed E-state index contributed by atoms with van der Waals surface area (Å²) in [6.07, 6.45) is 1.94. The molecule has 2 aliphatic rings. The molecule has 0 spiro atoms. The molecule has 4 rings (SSSR count). The summed E-state index contributed by atoms with van der Waals surface area (Å²) in [6, 6.07) is 4.62. The molecule has 0 bridgehead atoms. The predicted octanol–water partition coefficient (Wildman–Crippen LogP) is 3.92. The fourth-order valence-electron chi connectivity index (χ4n) is 4.46. The lowest BCUT2D eigenvalue weighted by Crippen LogP contribution is -2.52. The number of aromatic nitrogens is 1.